The second-order valence-electron chi connectivity index (χ2n) is 3.57. The van der Waals surface area contributed by atoms with Crippen LogP contribution < -0.4 is 4.74 Å². The van der Waals surface area contributed by atoms with Gasteiger partial charge in [0, 0.05) is 23.1 Å². The van der Waals surface area contributed by atoms with E-state index < -0.39 is 0 Å². The number of nitrogens with zero attached hydrogens (tertiary/aromatic N) is 1. The van der Waals surface area contributed by atoms with E-state index in [4.69, 9.17) is 27.9 Å². The van der Waals surface area contributed by atoms with Gasteiger partial charge in [-0.1, -0.05) is 23.2 Å². The van der Waals surface area contributed by atoms with Crippen LogP contribution >= 0.6 is 23.2 Å². The molecule has 0 radical (unpaired) electrons. The largest absolute Gasteiger partial charge is 0.488 e. The molecule has 4 heteroatoms. The van der Waals surface area contributed by atoms with Gasteiger partial charge in [0.15, 0.2) is 0 Å². The number of benzene rings is 1. The van der Waals surface area contributed by atoms with Crippen molar-refractivity contribution in [3.63, 3.8) is 0 Å². The van der Waals surface area contributed by atoms with Crippen LogP contribution in [0.4, 0.5) is 0 Å². The molecule has 0 N–H and O–H groups in total. The Morgan fingerprint density at radius 1 is 1.21 bits per heavy atom. The van der Waals surface area contributed by atoms with Crippen molar-refractivity contribution in [3.05, 3.63) is 28.2 Å². The molecule has 1 aromatic carbocycles. The second kappa shape index (κ2) is 3.97. The van der Waals surface area contributed by atoms with E-state index in [-0.39, 0.29) is 6.10 Å². The van der Waals surface area contributed by atoms with Crippen LogP contribution in [0.2, 0.25) is 10.0 Å². The lowest BCUT2D eigenvalue weighted by Gasteiger charge is -2.36. The van der Waals surface area contributed by atoms with Crippen LogP contribution in [0.1, 0.15) is 0 Å². The quantitative estimate of drug-likeness (QED) is 0.777. The number of hydrogen-bond donors (Lipinski definition) is 0. The normalized spacial score (nSPS) is 17.9. The number of ether oxygens (including phenoxy) is 1. The highest BCUT2D eigenvalue weighted by Gasteiger charge is 2.24. The Balaban J connectivity index is 2.02. The monoisotopic (exact) mass is 231 g/mol. The lowest BCUT2D eigenvalue weighted by molar-refractivity contribution is 0.0388. The molecule has 0 aromatic heterocycles. The van der Waals surface area contributed by atoms with Gasteiger partial charge < -0.3 is 4.74 Å². The molecular weight excluding hydrogens is 221 g/mol. The van der Waals surface area contributed by atoms with E-state index in [9.17, 15) is 0 Å². The van der Waals surface area contributed by atoms with Crippen LogP contribution in [0, 0.1) is 0 Å². The Morgan fingerprint density at radius 2 is 1.79 bits per heavy atom. The molecule has 1 aromatic rings. The van der Waals surface area contributed by atoms with Gasteiger partial charge in [0.05, 0.1) is 0 Å². The SMILES string of the molecule is CN1CC(Oc2cc(Cl)cc(Cl)c2)C1. The summed E-state index contributed by atoms with van der Waals surface area (Å²) in [5.74, 6) is 0.751. The topological polar surface area (TPSA) is 12.5 Å². The number of hydrogen-bond acceptors (Lipinski definition) is 2. The molecule has 1 fully saturated rings. The molecule has 0 bridgehead atoms. The standard InChI is InChI=1S/C10H11Cl2NO/c1-13-5-10(6-13)14-9-3-7(11)2-8(12)4-9/h2-4,10H,5-6H2,1H3. The molecule has 1 aliphatic rings. The van der Waals surface area contributed by atoms with Gasteiger partial charge in [-0.3, -0.25) is 4.90 Å². The third-order valence-corrected chi connectivity index (χ3v) is 2.61. The zero-order valence-electron chi connectivity index (χ0n) is 7.84. The summed E-state index contributed by atoms with van der Waals surface area (Å²) in [5.41, 5.74) is 0. The Morgan fingerprint density at radius 3 is 2.29 bits per heavy atom. The maximum atomic E-state index is 5.85. The summed E-state index contributed by atoms with van der Waals surface area (Å²) in [5, 5.41) is 1.22. The van der Waals surface area contributed by atoms with E-state index in [0.29, 0.717) is 10.0 Å². The van der Waals surface area contributed by atoms with Gasteiger partial charge in [-0.15, -0.1) is 0 Å². The third-order valence-electron chi connectivity index (χ3n) is 2.17. The molecule has 0 amide bonds. The van der Waals surface area contributed by atoms with Crippen LogP contribution in [0.25, 0.3) is 0 Å². The molecule has 1 aliphatic heterocycles. The fourth-order valence-electron chi connectivity index (χ4n) is 1.51. The van der Waals surface area contributed by atoms with Gasteiger partial charge in [-0.2, -0.15) is 0 Å². The van der Waals surface area contributed by atoms with Gasteiger partial charge in [0.2, 0.25) is 0 Å². The van der Waals surface area contributed by atoms with E-state index in [1.807, 2.05) is 0 Å². The van der Waals surface area contributed by atoms with Crippen molar-refractivity contribution in [1.29, 1.82) is 0 Å². The zero-order chi connectivity index (χ0) is 10.1. The van der Waals surface area contributed by atoms with E-state index in [1.54, 1.807) is 18.2 Å². The summed E-state index contributed by atoms with van der Waals surface area (Å²) in [4.78, 5) is 2.19. The summed E-state index contributed by atoms with van der Waals surface area (Å²) < 4.78 is 5.67. The number of rotatable bonds is 2. The summed E-state index contributed by atoms with van der Waals surface area (Å²) >= 11 is 11.7. The van der Waals surface area contributed by atoms with Crippen LogP contribution in [-0.4, -0.2) is 31.1 Å². The van der Waals surface area contributed by atoms with Crippen molar-refractivity contribution in [2.24, 2.45) is 0 Å². The molecule has 0 aliphatic carbocycles. The van der Waals surface area contributed by atoms with Crippen LogP contribution in [-0.2, 0) is 0 Å². The maximum absolute atomic E-state index is 5.85. The molecule has 0 spiro atoms. The van der Waals surface area contributed by atoms with Crippen molar-refractivity contribution in [1.82, 2.24) is 4.90 Å². The summed E-state index contributed by atoms with van der Waals surface area (Å²) in [6, 6.07) is 5.26. The highest BCUT2D eigenvalue weighted by Crippen LogP contribution is 2.26. The number of likely N-dealkylation sites (tertiary alicyclic amines) is 1. The van der Waals surface area contributed by atoms with E-state index in [2.05, 4.69) is 11.9 Å². The minimum atomic E-state index is 0.273. The average Bonchev–Trinajstić information content (AvgIpc) is 1.99. The van der Waals surface area contributed by atoms with Gasteiger partial charge in [-0.05, 0) is 25.2 Å². The maximum Gasteiger partial charge on any atom is 0.124 e. The fraction of sp³-hybridized carbons (Fsp3) is 0.400. The van der Waals surface area contributed by atoms with Crippen molar-refractivity contribution in [3.8, 4) is 5.75 Å². The van der Waals surface area contributed by atoms with Gasteiger partial charge in [0.25, 0.3) is 0 Å². The van der Waals surface area contributed by atoms with Gasteiger partial charge >= 0.3 is 0 Å². The molecule has 2 nitrogen and oxygen atoms in total. The zero-order valence-corrected chi connectivity index (χ0v) is 9.35. The van der Waals surface area contributed by atoms with Gasteiger partial charge in [-0.25, -0.2) is 0 Å². The molecule has 14 heavy (non-hydrogen) atoms. The molecule has 76 valence electrons. The first-order valence-corrected chi connectivity index (χ1v) is 5.20. The summed E-state index contributed by atoms with van der Waals surface area (Å²) in [6.07, 6.45) is 0.273. The Kier molecular flexibility index (Phi) is 2.86. The van der Waals surface area contributed by atoms with E-state index in [0.717, 1.165) is 18.8 Å². The molecule has 1 saturated heterocycles. The Hall–Kier alpha value is -0.440. The van der Waals surface area contributed by atoms with Gasteiger partial charge in [0.1, 0.15) is 11.9 Å². The van der Waals surface area contributed by atoms with E-state index in [1.165, 1.54) is 0 Å². The van der Waals surface area contributed by atoms with Crippen molar-refractivity contribution < 1.29 is 4.74 Å². The molecule has 0 atom stereocenters. The highest BCUT2D eigenvalue weighted by molar-refractivity contribution is 6.34. The smallest absolute Gasteiger partial charge is 0.124 e. The minimum Gasteiger partial charge on any atom is -0.488 e. The predicted molar refractivity (Wildman–Crippen MR) is 58.4 cm³/mol. The predicted octanol–water partition coefficient (Wildman–Crippen LogP) is 2.69. The second-order valence-corrected chi connectivity index (χ2v) is 4.44. The van der Waals surface area contributed by atoms with Crippen molar-refractivity contribution in [2.45, 2.75) is 6.10 Å². The number of likely N-dealkylation sites (N-methyl/N-ethyl adjacent to an activating group) is 1. The minimum absolute atomic E-state index is 0.273. The molecule has 0 saturated carbocycles. The lowest BCUT2D eigenvalue weighted by Crippen LogP contribution is -2.51. The van der Waals surface area contributed by atoms with E-state index >= 15 is 0 Å². The summed E-state index contributed by atoms with van der Waals surface area (Å²) in [7, 11) is 2.06. The highest BCUT2D eigenvalue weighted by atomic mass is 35.5. The Labute approximate surface area is 93.4 Å². The molecule has 1 heterocycles. The van der Waals surface area contributed by atoms with Crippen LogP contribution in [0.3, 0.4) is 0 Å². The molecular formula is C10H11Cl2NO. The van der Waals surface area contributed by atoms with Crippen molar-refractivity contribution >= 4 is 23.2 Å². The van der Waals surface area contributed by atoms with Crippen LogP contribution in [0.15, 0.2) is 18.2 Å². The van der Waals surface area contributed by atoms with Crippen LogP contribution in [0.5, 0.6) is 5.75 Å². The molecule has 0 unspecified atom stereocenters. The summed E-state index contributed by atoms with van der Waals surface area (Å²) in [6.45, 7) is 1.92. The first-order valence-electron chi connectivity index (χ1n) is 4.45. The Bertz CT molecular complexity index is 317. The van der Waals surface area contributed by atoms with Crippen molar-refractivity contribution in [2.75, 3.05) is 20.1 Å². The lowest BCUT2D eigenvalue weighted by atomic mass is 10.2. The first-order chi connectivity index (χ1) is 6.63. The average molecular weight is 232 g/mol. The first kappa shape index (κ1) is 10.1. The molecule has 2 rings (SSSR count). The number of halogens is 2. The third kappa shape index (κ3) is 2.32. The fourth-order valence-corrected chi connectivity index (χ4v) is 2.01.